The van der Waals surface area contributed by atoms with Crippen LogP contribution in [0.25, 0.3) is 10.9 Å². The molecule has 2 N–H and O–H groups in total. The van der Waals surface area contributed by atoms with Crippen LogP contribution in [0.4, 0.5) is 0 Å². The minimum absolute atomic E-state index is 0.454. The zero-order valence-electron chi connectivity index (χ0n) is 11.7. The first-order chi connectivity index (χ1) is 9.26. The summed E-state index contributed by atoms with van der Waals surface area (Å²) in [6.45, 7) is 5.60. The Labute approximate surface area is 114 Å². The van der Waals surface area contributed by atoms with E-state index in [2.05, 4.69) is 18.8 Å². The Kier molecular flexibility index (Phi) is 4.74. The molecule has 0 amide bonds. The average Bonchev–Trinajstić information content (AvgIpc) is 2.44. The average molecular weight is 258 g/mol. The number of rotatable bonds is 6. The van der Waals surface area contributed by atoms with E-state index in [0.29, 0.717) is 12.5 Å². The van der Waals surface area contributed by atoms with Gasteiger partial charge in [0.15, 0.2) is 0 Å². The van der Waals surface area contributed by atoms with E-state index in [-0.39, 0.29) is 0 Å². The van der Waals surface area contributed by atoms with Gasteiger partial charge >= 0.3 is 0 Å². The van der Waals surface area contributed by atoms with Crippen LogP contribution >= 0.6 is 0 Å². The number of hydrogen-bond acceptors (Lipinski definition) is 3. The summed E-state index contributed by atoms with van der Waals surface area (Å²) in [6.07, 6.45) is 4.19. The lowest BCUT2D eigenvalue weighted by atomic mass is 10.1. The summed E-state index contributed by atoms with van der Waals surface area (Å²) in [6, 6.07) is 8.03. The van der Waals surface area contributed by atoms with Crippen molar-refractivity contribution in [1.29, 1.82) is 0 Å². The highest BCUT2D eigenvalue weighted by molar-refractivity contribution is 5.86. The number of nitrogens with zero attached hydrogens (tertiary/aromatic N) is 1. The molecular formula is C16H22N2O. The molecule has 0 aliphatic rings. The van der Waals surface area contributed by atoms with Crippen LogP contribution in [0.15, 0.2) is 30.5 Å². The first kappa shape index (κ1) is 13.8. The summed E-state index contributed by atoms with van der Waals surface area (Å²) in [4.78, 5) is 4.42. The predicted octanol–water partition coefficient (Wildman–Crippen LogP) is 3.51. The molecule has 0 saturated carbocycles. The fourth-order valence-electron chi connectivity index (χ4n) is 2.27. The number of nitrogens with two attached hydrogens (primary N) is 1. The predicted molar refractivity (Wildman–Crippen MR) is 79.2 cm³/mol. The van der Waals surface area contributed by atoms with Crippen LogP contribution in [0.2, 0.25) is 0 Å². The van der Waals surface area contributed by atoms with E-state index in [1.165, 1.54) is 12.8 Å². The largest absolute Gasteiger partial charge is 0.492 e. The number of benzene rings is 1. The summed E-state index contributed by atoms with van der Waals surface area (Å²) in [7, 11) is 0. The van der Waals surface area contributed by atoms with Gasteiger partial charge in [-0.3, -0.25) is 4.98 Å². The van der Waals surface area contributed by atoms with Crippen molar-refractivity contribution in [2.24, 2.45) is 11.7 Å². The second-order valence-corrected chi connectivity index (χ2v) is 5.04. The van der Waals surface area contributed by atoms with Crippen LogP contribution in [0.1, 0.15) is 32.3 Å². The van der Waals surface area contributed by atoms with E-state index in [9.17, 15) is 0 Å². The van der Waals surface area contributed by atoms with Gasteiger partial charge in [-0.25, -0.2) is 0 Å². The molecule has 0 saturated heterocycles. The van der Waals surface area contributed by atoms with Crippen molar-refractivity contribution in [3.8, 4) is 5.75 Å². The summed E-state index contributed by atoms with van der Waals surface area (Å²) in [5.41, 5.74) is 7.72. The fraction of sp³-hybridized carbons (Fsp3) is 0.438. The van der Waals surface area contributed by atoms with Crippen LogP contribution in [0.3, 0.4) is 0 Å². The van der Waals surface area contributed by atoms with Gasteiger partial charge in [-0.1, -0.05) is 32.4 Å². The van der Waals surface area contributed by atoms with Gasteiger partial charge in [0, 0.05) is 23.7 Å². The molecule has 2 aromatic rings. The third-order valence-electron chi connectivity index (χ3n) is 3.31. The zero-order valence-corrected chi connectivity index (χ0v) is 11.7. The topological polar surface area (TPSA) is 48.1 Å². The molecule has 0 radical (unpaired) electrons. The van der Waals surface area contributed by atoms with Gasteiger partial charge in [0.05, 0.1) is 12.1 Å². The fourth-order valence-corrected chi connectivity index (χ4v) is 2.27. The monoisotopic (exact) mass is 258 g/mol. The standard InChI is InChI=1S/C16H22N2O/c1-3-6-12(2)11-19-16-13(9-17)10-18-15-8-5-4-7-14(15)16/h4-5,7-8,10,12H,3,6,9,11,17H2,1-2H3. The minimum Gasteiger partial charge on any atom is -0.492 e. The Morgan fingerprint density at radius 3 is 2.84 bits per heavy atom. The van der Waals surface area contributed by atoms with Crippen molar-refractivity contribution < 1.29 is 4.74 Å². The number of aromatic nitrogens is 1. The molecule has 0 fully saturated rings. The maximum Gasteiger partial charge on any atom is 0.134 e. The number of fused-ring (bicyclic) bond motifs is 1. The third-order valence-corrected chi connectivity index (χ3v) is 3.31. The lowest BCUT2D eigenvalue weighted by molar-refractivity contribution is 0.252. The Morgan fingerprint density at radius 1 is 1.32 bits per heavy atom. The molecule has 1 unspecified atom stereocenters. The lowest BCUT2D eigenvalue weighted by Crippen LogP contribution is -2.11. The molecule has 102 valence electrons. The van der Waals surface area contributed by atoms with Gasteiger partial charge in [-0.05, 0) is 24.5 Å². The molecule has 1 aromatic carbocycles. The van der Waals surface area contributed by atoms with Crippen molar-refractivity contribution >= 4 is 10.9 Å². The Bertz CT molecular complexity index is 539. The molecule has 3 heteroatoms. The Morgan fingerprint density at radius 2 is 2.11 bits per heavy atom. The molecule has 0 aliphatic heterocycles. The molecule has 0 spiro atoms. The van der Waals surface area contributed by atoms with Crippen LogP contribution in [-0.4, -0.2) is 11.6 Å². The van der Waals surface area contributed by atoms with E-state index in [1.54, 1.807) is 0 Å². The quantitative estimate of drug-likeness (QED) is 0.862. The highest BCUT2D eigenvalue weighted by Crippen LogP contribution is 2.28. The second kappa shape index (κ2) is 6.53. The van der Waals surface area contributed by atoms with E-state index in [1.807, 2.05) is 30.5 Å². The minimum atomic E-state index is 0.454. The molecule has 19 heavy (non-hydrogen) atoms. The summed E-state index contributed by atoms with van der Waals surface area (Å²) >= 11 is 0. The first-order valence-corrected chi connectivity index (χ1v) is 6.95. The third kappa shape index (κ3) is 3.24. The van der Waals surface area contributed by atoms with Crippen LogP contribution in [-0.2, 0) is 6.54 Å². The molecule has 0 bridgehead atoms. The van der Waals surface area contributed by atoms with Gasteiger partial charge in [0.2, 0.25) is 0 Å². The van der Waals surface area contributed by atoms with Gasteiger partial charge in [0.1, 0.15) is 5.75 Å². The normalized spacial score (nSPS) is 12.6. The van der Waals surface area contributed by atoms with Crippen molar-refractivity contribution in [2.45, 2.75) is 33.2 Å². The van der Waals surface area contributed by atoms with E-state index in [4.69, 9.17) is 10.5 Å². The molecule has 3 nitrogen and oxygen atoms in total. The lowest BCUT2D eigenvalue weighted by Gasteiger charge is -2.16. The highest BCUT2D eigenvalue weighted by Gasteiger charge is 2.10. The van der Waals surface area contributed by atoms with Crippen LogP contribution < -0.4 is 10.5 Å². The SMILES string of the molecule is CCCC(C)COc1c(CN)cnc2ccccc12. The number of hydrogen-bond donors (Lipinski definition) is 1. The van der Waals surface area contributed by atoms with Crippen molar-refractivity contribution in [1.82, 2.24) is 4.98 Å². The van der Waals surface area contributed by atoms with Crippen LogP contribution in [0, 0.1) is 5.92 Å². The molecular weight excluding hydrogens is 236 g/mol. The molecule has 1 aromatic heterocycles. The number of para-hydroxylation sites is 1. The Balaban J connectivity index is 2.28. The summed E-state index contributed by atoms with van der Waals surface area (Å²) in [5.74, 6) is 1.46. The molecule has 0 aliphatic carbocycles. The van der Waals surface area contributed by atoms with Crippen LogP contribution in [0.5, 0.6) is 5.75 Å². The van der Waals surface area contributed by atoms with Gasteiger partial charge < -0.3 is 10.5 Å². The van der Waals surface area contributed by atoms with Gasteiger partial charge in [-0.15, -0.1) is 0 Å². The number of pyridine rings is 1. The Hall–Kier alpha value is -1.61. The van der Waals surface area contributed by atoms with Gasteiger partial charge in [-0.2, -0.15) is 0 Å². The van der Waals surface area contributed by atoms with Crippen molar-refractivity contribution in [3.63, 3.8) is 0 Å². The maximum atomic E-state index is 6.04. The summed E-state index contributed by atoms with van der Waals surface area (Å²) in [5, 5.41) is 1.05. The molecule has 1 heterocycles. The maximum absolute atomic E-state index is 6.04. The zero-order chi connectivity index (χ0) is 13.7. The molecule has 2 rings (SSSR count). The smallest absolute Gasteiger partial charge is 0.134 e. The van der Waals surface area contributed by atoms with Gasteiger partial charge in [0.25, 0.3) is 0 Å². The molecule has 1 atom stereocenters. The number of ether oxygens (including phenoxy) is 1. The second-order valence-electron chi connectivity index (χ2n) is 5.04. The highest BCUT2D eigenvalue weighted by atomic mass is 16.5. The summed E-state index contributed by atoms with van der Waals surface area (Å²) < 4.78 is 6.04. The van der Waals surface area contributed by atoms with E-state index < -0.39 is 0 Å². The van der Waals surface area contributed by atoms with E-state index >= 15 is 0 Å². The van der Waals surface area contributed by atoms with Crippen molar-refractivity contribution in [3.05, 3.63) is 36.0 Å². The first-order valence-electron chi connectivity index (χ1n) is 6.95. The van der Waals surface area contributed by atoms with E-state index in [0.717, 1.165) is 28.8 Å². The van der Waals surface area contributed by atoms with Crippen molar-refractivity contribution in [2.75, 3.05) is 6.61 Å².